The third-order valence-corrected chi connectivity index (χ3v) is 5.50. The molecule has 0 radical (unpaired) electrons. The highest BCUT2D eigenvalue weighted by Gasteiger charge is 2.26. The van der Waals surface area contributed by atoms with Gasteiger partial charge < -0.3 is 19.7 Å². The number of ether oxygens (including phenoxy) is 1. The van der Waals surface area contributed by atoms with E-state index in [2.05, 4.69) is 10.3 Å². The molecule has 2 atom stereocenters. The normalized spacial score (nSPS) is 19.3. The monoisotopic (exact) mass is 397 g/mol. The third kappa shape index (κ3) is 3.96. The van der Waals surface area contributed by atoms with E-state index < -0.39 is 11.9 Å². The number of methoxy groups -OCH3 is 1. The van der Waals surface area contributed by atoms with Gasteiger partial charge in [0.05, 0.1) is 30.3 Å². The molecular weight excluding hydrogens is 373 g/mol. The zero-order valence-electron chi connectivity index (χ0n) is 16.3. The zero-order valence-corrected chi connectivity index (χ0v) is 16.3. The van der Waals surface area contributed by atoms with Gasteiger partial charge in [0.15, 0.2) is 11.6 Å². The van der Waals surface area contributed by atoms with Crippen molar-refractivity contribution in [1.82, 2.24) is 14.9 Å². The number of nitrogens with one attached hydrogen (secondary N) is 1. The number of aliphatic hydroxyl groups excluding tert-OH is 1. The minimum Gasteiger partial charge on any atom is -0.494 e. The average Bonchev–Trinajstić information content (AvgIpc) is 3.09. The summed E-state index contributed by atoms with van der Waals surface area (Å²) >= 11 is 0. The van der Waals surface area contributed by atoms with E-state index >= 15 is 0 Å². The number of aliphatic hydroxyl groups is 1. The van der Waals surface area contributed by atoms with Gasteiger partial charge >= 0.3 is 0 Å². The summed E-state index contributed by atoms with van der Waals surface area (Å²) in [5.41, 5.74) is 2.58. The maximum Gasteiger partial charge on any atom is 0.255 e. The predicted octanol–water partition coefficient (Wildman–Crippen LogP) is 3.27. The van der Waals surface area contributed by atoms with Crippen molar-refractivity contribution in [2.75, 3.05) is 7.11 Å². The van der Waals surface area contributed by atoms with Gasteiger partial charge in [0.25, 0.3) is 5.91 Å². The number of amides is 1. The van der Waals surface area contributed by atoms with Crippen molar-refractivity contribution in [3.8, 4) is 5.75 Å². The van der Waals surface area contributed by atoms with E-state index in [1.165, 1.54) is 13.2 Å². The number of hydrogen-bond acceptors (Lipinski definition) is 4. The fourth-order valence-electron chi connectivity index (χ4n) is 3.95. The van der Waals surface area contributed by atoms with Crippen LogP contribution in [0.15, 0.2) is 42.7 Å². The molecule has 7 heteroatoms. The molecule has 3 aromatic rings. The SMILES string of the molecule is COc1ccc(Cn2cc(C(=O)N[C@H]3CCCCC3O)c3ncccc32)cc1F. The number of aromatic nitrogens is 2. The minimum absolute atomic E-state index is 0.193. The summed E-state index contributed by atoms with van der Waals surface area (Å²) in [5, 5.41) is 13.1. The van der Waals surface area contributed by atoms with Crippen LogP contribution in [0.4, 0.5) is 4.39 Å². The molecule has 1 amide bonds. The summed E-state index contributed by atoms with van der Waals surface area (Å²) in [5.74, 6) is -0.484. The Kier molecular flexibility index (Phi) is 5.49. The lowest BCUT2D eigenvalue weighted by Crippen LogP contribution is -2.45. The molecule has 2 heterocycles. The average molecular weight is 397 g/mol. The number of fused-ring (bicyclic) bond motifs is 1. The lowest BCUT2D eigenvalue weighted by atomic mass is 9.92. The van der Waals surface area contributed by atoms with Crippen molar-refractivity contribution in [3.05, 3.63) is 59.7 Å². The maximum absolute atomic E-state index is 14.1. The summed E-state index contributed by atoms with van der Waals surface area (Å²) in [6.45, 7) is 0.391. The van der Waals surface area contributed by atoms with E-state index in [-0.39, 0.29) is 17.7 Å². The second kappa shape index (κ2) is 8.21. The highest BCUT2D eigenvalue weighted by atomic mass is 19.1. The molecule has 2 aromatic heterocycles. The molecule has 1 aromatic carbocycles. The Hall–Kier alpha value is -2.93. The molecule has 6 nitrogen and oxygen atoms in total. The van der Waals surface area contributed by atoms with Gasteiger partial charge in [-0.2, -0.15) is 0 Å². The topological polar surface area (TPSA) is 76.4 Å². The first kappa shape index (κ1) is 19.4. The van der Waals surface area contributed by atoms with Crippen LogP contribution in [-0.4, -0.2) is 39.8 Å². The molecule has 29 heavy (non-hydrogen) atoms. The minimum atomic E-state index is -0.517. The fraction of sp³-hybridized carbons (Fsp3) is 0.364. The molecule has 152 valence electrons. The Balaban J connectivity index is 1.63. The fourth-order valence-corrected chi connectivity index (χ4v) is 3.95. The summed E-state index contributed by atoms with van der Waals surface area (Å²) in [7, 11) is 1.43. The van der Waals surface area contributed by atoms with E-state index in [1.807, 2.05) is 10.6 Å². The summed E-state index contributed by atoms with van der Waals surface area (Å²) in [6, 6.07) is 8.26. The van der Waals surface area contributed by atoms with Gasteiger partial charge in [0.2, 0.25) is 0 Å². The highest BCUT2D eigenvalue weighted by Crippen LogP contribution is 2.24. The van der Waals surface area contributed by atoms with Crippen molar-refractivity contribution in [3.63, 3.8) is 0 Å². The number of halogens is 1. The van der Waals surface area contributed by atoms with E-state index in [0.29, 0.717) is 24.0 Å². The van der Waals surface area contributed by atoms with Gasteiger partial charge in [0, 0.05) is 18.9 Å². The second-order valence-electron chi connectivity index (χ2n) is 7.44. The third-order valence-electron chi connectivity index (χ3n) is 5.50. The molecule has 1 aliphatic rings. The van der Waals surface area contributed by atoms with Crippen LogP contribution in [0, 0.1) is 5.82 Å². The van der Waals surface area contributed by atoms with Crippen LogP contribution in [0.1, 0.15) is 41.6 Å². The van der Waals surface area contributed by atoms with E-state index in [1.54, 1.807) is 30.6 Å². The van der Waals surface area contributed by atoms with Gasteiger partial charge in [-0.05, 0) is 42.7 Å². The van der Waals surface area contributed by atoms with Crippen LogP contribution in [0.2, 0.25) is 0 Å². The first-order valence-electron chi connectivity index (χ1n) is 9.82. The predicted molar refractivity (Wildman–Crippen MR) is 108 cm³/mol. The molecule has 0 aliphatic heterocycles. The highest BCUT2D eigenvalue weighted by molar-refractivity contribution is 6.05. The lowest BCUT2D eigenvalue weighted by molar-refractivity contribution is 0.0718. The second-order valence-corrected chi connectivity index (χ2v) is 7.44. The van der Waals surface area contributed by atoms with Crippen molar-refractivity contribution < 1.29 is 19.0 Å². The Morgan fingerprint density at radius 3 is 2.93 bits per heavy atom. The number of hydrogen-bond donors (Lipinski definition) is 2. The molecule has 0 saturated heterocycles. The Morgan fingerprint density at radius 1 is 1.34 bits per heavy atom. The van der Waals surface area contributed by atoms with Gasteiger partial charge in [-0.25, -0.2) is 4.39 Å². The number of carbonyl (C=O) groups excluding carboxylic acids is 1. The Labute approximate surface area is 168 Å². The molecule has 2 N–H and O–H groups in total. The lowest BCUT2D eigenvalue weighted by Gasteiger charge is -2.28. The van der Waals surface area contributed by atoms with Gasteiger partial charge in [0.1, 0.15) is 5.52 Å². The van der Waals surface area contributed by atoms with Gasteiger partial charge in [-0.15, -0.1) is 0 Å². The van der Waals surface area contributed by atoms with E-state index in [0.717, 1.165) is 30.3 Å². The number of benzene rings is 1. The molecule has 1 fully saturated rings. The Morgan fingerprint density at radius 2 is 2.17 bits per heavy atom. The van der Waals surface area contributed by atoms with Crippen LogP contribution in [0.25, 0.3) is 11.0 Å². The quantitative estimate of drug-likeness (QED) is 0.693. The number of carbonyl (C=O) groups is 1. The molecule has 1 saturated carbocycles. The molecule has 1 unspecified atom stereocenters. The van der Waals surface area contributed by atoms with Gasteiger partial charge in [-0.3, -0.25) is 9.78 Å². The number of nitrogens with zero attached hydrogens (tertiary/aromatic N) is 2. The maximum atomic E-state index is 14.1. The molecular formula is C22H24FN3O3. The summed E-state index contributed by atoms with van der Waals surface area (Å²) in [4.78, 5) is 17.3. The van der Waals surface area contributed by atoms with Crippen LogP contribution < -0.4 is 10.1 Å². The van der Waals surface area contributed by atoms with Crippen molar-refractivity contribution in [1.29, 1.82) is 0 Å². The molecule has 0 bridgehead atoms. The summed E-state index contributed by atoms with van der Waals surface area (Å²) in [6.07, 6.45) is 6.31. The van der Waals surface area contributed by atoms with Crippen LogP contribution in [0.5, 0.6) is 5.75 Å². The van der Waals surface area contributed by atoms with Crippen molar-refractivity contribution >= 4 is 16.9 Å². The van der Waals surface area contributed by atoms with E-state index in [9.17, 15) is 14.3 Å². The molecule has 1 aliphatic carbocycles. The standard InChI is InChI=1S/C22H24FN3O3/c1-29-20-9-8-14(11-16(20)23)12-26-13-15(21-18(26)6-4-10-24-21)22(28)25-17-5-2-3-7-19(17)27/h4,6,8-11,13,17,19,27H,2-3,5,7,12H2,1H3,(H,25,28)/t17-,19?/m0/s1. The van der Waals surface area contributed by atoms with Crippen molar-refractivity contribution in [2.45, 2.75) is 44.4 Å². The van der Waals surface area contributed by atoms with Crippen LogP contribution >= 0.6 is 0 Å². The summed E-state index contributed by atoms with van der Waals surface area (Å²) < 4.78 is 20.9. The van der Waals surface area contributed by atoms with Crippen LogP contribution in [0.3, 0.4) is 0 Å². The number of rotatable bonds is 5. The smallest absolute Gasteiger partial charge is 0.255 e. The zero-order chi connectivity index (χ0) is 20.4. The van der Waals surface area contributed by atoms with Crippen molar-refractivity contribution in [2.24, 2.45) is 0 Å². The first-order chi connectivity index (χ1) is 14.1. The first-order valence-corrected chi connectivity index (χ1v) is 9.82. The van der Waals surface area contributed by atoms with E-state index in [4.69, 9.17) is 4.74 Å². The number of pyridine rings is 1. The molecule has 0 spiro atoms. The largest absolute Gasteiger partial charge is 0.494 e. The Bertz CT molecular complexity index is 1030. The molecule has 4 rings (SSSR count). The van der Waals surface area contributed by atoms with Crippen LogP contribution in [-0.2, 0) is 6.54 Å². The van der Waals surface area contributed by atoms with Gasteiger partial charge in [-0.1, -0.05) is 18.9 Å².